The van der Waals surface area contributed by atoms with Crippen molar-refractivity contribution >= 4 is 0 Å². The van der Waals surface area contributed by atoms with E-state index in [0.717, 1.165) is 11.3 Å². The first-order chi connectivity index (χ1) is 10.9. The number of benzene rings is 1. The highest BCUT2D eigenvalue weighted by atomic mass is 16.5. The molecule has 7 nitrogen and oxygen atoms in total. The van der Waals surface area contributed by atoms with Gasteiger partial charge in [-0.2, -0.15) is 4.98 Å². The van der Waals surface area contributed by atoms with Crippen LogP contribution in [0.1, 0.15) is 0 Å². The van der Waals surface area contributed by atoms with Gasteiger partial charge in [-0.15, -0.1) is 5.10 Å². The molecule has 0 unspecified atom stereocenters. The molecule has 0 aliphatic carbocycles. The van der Waals surface area contributed by atoms with Gasteiger partial charge in [0.15, 0.2) is 5.69 Å². The zero-order valence-electron chi connectivity index (χ0n) is 11.4. The third-order valence-electron chi connectivity index (χ3n) is 3.08. The summed E-state index contributed by atoms with van der Waals surface area (Å²) in [6.07, 6.45) is 5.11. The quantitative estimate of drug-likeness (QED) is 0.576. The Morgan fingerprint density at radius 1 is 1.00 bits per heavy atom. The van der Waals surface area contributed by atoms with E-state index >= 15 is 0 Å². The van der Waals surface area contributed by atoms with Crippen molar-refractivity contribution in [2.45, 2.75) is 0 Å². The molecule has 1 aromatic carbocycles. The van der Waals surface area contributed by atoms with Gasteiger partial charge in [-0.3, -0.25) is 4.98 Å². The molecule has 4 aromatic rings. The maximum Gasteiger partial charge on any atom is 0.259 e. The van der Waals surface area contributed by atoms with Crippen molar-refractivity contribution in [3.05, 3.63) is 61.1 Å². The summed E-state index contributed by atoms with van der Waals surface area (Å²) in [5.74, 6) is 0.790. The van der Waals surface area contributed by atoms with Crippen molar-refractivity contribution < 1.29 is 4.52 Å². The van der Waals surface area contributed by atoms with Gasteiger partial charge in [0, 0.05) is 12.4 Å². The molecule has 0 atom stereocenters. The predicted molar refractivity (Wildman–Crippen MR) is 77.9 cm³/mol. The van der Waals surface area contributed by atoms with Gasteiger partial charge < -0.3 is 4.52 Å². The number of aromatic nitrogens is 6. The lowest BCUT2D eigenvalue weighted by molar-refractivity contribution is 0.432. The van der Waals surface area contributed by atoms with Gasteiger partial charge in [-0.25, -0.2) is 4.68 Å². The average molecular weight is 290 g/mol. The largest absolute Gasteiger partial charge is 0.333 e. The Morgan fingerprint density at radius 3 is 2.73 bits per heavy atom. The minimum Gasteiger partial charge on any atom is -0.333 e. The van der Waals surface area contributed by atoms with Crippen LogP contribution in [0.25, 0.3) is 28.7 Å². The molecule has 22 heavy (non-hydrogen) atoms. The van der Waals surface area contributed by atoms with Gasteiger partial charge in [-0.05, 0) is 24.3 Å². The minimum absolute atomic E-state index is 0.390. The smallest absolute Gasteiger partial charge is 0.259 e. The summed E-state index contributed by atoms with van der Waals surface area (Å²) < 4.78 is 6.90. The lowest BCUT2D eigenvalue weighted by Crippen LogP contribution is -1.93. The van der Waals surface area contributed by atoms with Crippen LogP contribution >= 0.6 is 0 Å². The van der Waals surface area contributed by atoms with Crippen molar-refractivity contribution in [2.75, 3.05) is 0 Å². The van der Waals surface area contributed by atoms with E-state index in [0.29, 0.717) is 17.4 Å². The van der Waals surface area contributed by atoms with Crippen LogP contribution in [0.5, 0.6) is 0 Å². The Balaban J connectivity index is 1.66. The highest BCUT2D eigenvalue weighted by Crippen LogP contribution is 2.20. The van der Waals surface area contributed by atoms with Gasteiger partial charge in [0.05, 0.1) is 17.4 Å². The summed E-state index contributed by atoms with van der Waals surface area (Å²) >= 11 is 0. The van der Waals surface area contributed by atoms with E-state index in [1.807, 2.05) is 42.5 Å². The van der Waals surface area contributed by atoms with E-state index in [9.17, 15) is 0 Å². The SMILES string of the molecule is c1ccc(-n2cc(-c3noc(-c4cccnc4)n3)nn2)cc1. The Morgan fingerprint density at radius 2 is 1.91 bits per heavy atom. The summed E-state index contributed by atoms with van der Waals surface area (Å²) in [4.78, 5) is 8.35. The van der Waals surface area contributed by atoms with Crippen molar-refractivity contribution in [1.82, 2.24) is 30.1 Å². The normalized spacial score (nSPS) is 10.7. The molecule has 0 bridgehead atoms. The topological polar surface area (TPSA) is 82.5 Å². The summed E-state index contributed by atoms with van der Waals surface area (Å²) in [5, 5.41) is 12.1. The summed E-state index contributed by atoms with van der Waals surface area (Å²) in [5.41, 5.74) is 2.22. The molecule has 0 spiro atoms. The summed E-state index contributed by atoms with van der Waals surface area (Å²) in [6, 6.07) is 13.4. The number of nitrogens with zero attached hydrogens (tertiary/aromatic N) is 6. The third kappa shape index (κ3) is 2.24. The molecule has 0 aliphatic rings. The molecular formula is C15H10N6O. The first kappa shape index (κ1) is 12.4. The standard InChI is InChI=1S/C15H10N6O/c1-2-6-12(7-3-1)21-10-13(18-20-21)14-17-15(22-19-14)11-5-4-8-16-9-11/h1-10H. The molecule has 106 valence electrons. The first-order valence-electron chi connectivity index (χ1n) is 6.62. The fourth-order valence-electron chi connectivity index (χ4n) is 2.01. The Bertz CT molecular complexity index is 809. The van der Waals surface area contributed by atoms with Crippen LogP contribution in [0.4, 0.5) is 0 Å². The molecule has 3 heterocycles. The second kappa shape index (κ2) is 5.21. The van der Waals surface area contributed by atoms with Crippen LogP contribution in [0.2, 0.25) is 0 Å². The highest BCUT2D eigenvalue weighted by Gasteiger charge is 2.14. The number of para-hydroxylation sites is 1. The molecule has 4 rings (SSSR count). The zero-order valence-corrected chi connectivity index (χ0v) is 11.4. The van der Waals surface area contributed by atoms with Crippen LogP contribution in [0.15, 0.2) is 65.6 Å². The summed E-state index contributed by atoms with van der Waals surface area (Å²) in [7, 11) is 0. The molecular weight excluding hydrogens is 280 g/mol. The highest BCUT2D eigenvalue weighted by molar-refractivity contribution is 5.55. The number of hydrogen-bond donors (Lipinski definition) is 0. The number of pyridine rings is 1. The van der Waals surface area contributed by atoms with E-state index in [1.165, 1.54) is 0 Å². The van der Waals surface area contributed by atoms with Gasteiger partial charge in [0.1, 0.15) is 0 Å². The third-order valence-corrected chi connectivity index (χ3v) is 3.08. The van der Waals surface area contributed by atoms with Crippen LogP contribution in [-0.2, 0) is 0 Å². The maximum atomic E-state index is 5.24. The van der Waals surface area contributed by atoms with Crippen LogP contribution in [0.3, 0.4) is 0 Å². The van der Waals surface area contributed by atoms with Crippen LogP contribution in [-0.4, -0.2) is 30.1 Å². The lowest BCUT2D eigenvalue weighted by atomic mass is 10.3. The second-order valence-corrected chi connectivity index (χ2v) is 4.55. The van der Waals surface area contributed by atoms with Crippen molar-refractivity contribution in [3.63, 3.8) is 0 Å². The molecule has 7 heteroatoms. The molecule has 0 N–H and O–H groups in total. The Kier molecular flexibility index (Phi) is 2.93. The molecule has 3 aromatic heterocycles. The molecule has 0 saturated carbocycles. The van der Waals surface area contributed by atoms with Gasteiger partial charge in [0.2, 0.25) is 5.82 Å². The molecule has 0 amide bonds. The summed E-state index contributed by atoms with van der Waals surface area (Å²) in [6.45, 7) is 0. The van der Waals surface area contributed by atoms with Gasteiger partial charge >= 0.3 is 0 Å². The van der Waals surface area contributed by atoms with Crippen LogP contribution < -0.4 is 0 Å². The average Bonchev–Trinajstić information content (AvgIpc) is 3.26. The lowest BCUT2D eigenvalue weighted by Gasteiger charge is -1.96. The van der Waals surface area contributed by atoms with Crippen molar-refractivity contribution in [1.29, 1.82) is 0 Å². The monoisotopic (exact) mass is 290 g/mol. The molecule has 0 aliphatic heterocycles. The van der Waals surface area contributed by atoms with E-state index in [2.05, 4.69) is 25.4 Å². The second-order valence-electron chi connectivity index (χ2n) is 4.55. The fourth-order valence-corrected chi connectivity index (χ4v) is 2.01. The maximum absolute atomic E-state index is 5.24. The van der Waals surface area contributed by atoms with Gasteiger partial charge in [-0.1, -0.05) is 28.6 Å². The first-order valence-corrected chi connectivity index (χ1v) is 6.62. The fraction of sp³-hybridized carbons (Fsp3) is 0. The molecule has 0 fully saturated rings. The van der Waals surface area contributed by atoms with Crippen molar-refractivity contribution in [2.24, 2.45) is 0 Å². The van der Waals surface area contributed by atoms with E-state index in [-0.39, 0.29) is 0 Å². The predicted octanol–water partition coefficient (Wildman–Crippen LogP) is 2.38. The Hall–Kier alpha value is -3.35. The van der Waals surface area contributed by atoms with E-state index < -0.39 is 0 Å². The van der Waals surface area contributed by atoms with Crippen LogP contribution in [0, 0.1) is 0 Å². The van der Waals surface area contributed by atoms with E-state index in [4.69, 9.17) is 4.52 Å². The molecule has 0 radical (unpaired) electrons. The number of rotatable bonds is 3. The molecule has 0 saturated heterocycles. The van der Waals surface area contributed by atoms with E-state index in [1.54, 1.807) is 23.3 Å². The minimum atomic E-state index is 0.390. The van der Waals surface area contributed by atoms with Crippen molar-refractivity contribution in [3.8, 4) is 28.7 Å². The number of hydrogen-bond acceptors (Lipinski definition) is 6. The van der Waals surface area contributed by atoms with Gasteiger partial charge in [0.25, 0.3) is 5.89 Å². The zero-order chi connectivity index (χ0) is 14.8. The Labute approximate surface area is 125 Å².